The lowest BCUT2D eigenvalue weighted by Crippen LogP contribution is -2.40. The first kappa shape index (κ1) is 17.3. The molecular weight excluding hydrogens is 316 g/mol. The lowest BCUT2D eigenvalue weighted by atomic mass is 10.0. The second kappa shape index (κ2) is 8.00. The summed E-state index contributed by atoms with van der Waals surface area (Å²) < 4.78 is 7.05. The molecule has 7 heteroatoms. The molecule has 134 valence electrons. The Morgan fingerprint density at radius 1 is 1.48 bits per heavy atom. The number of aromatic nitrogens is 3. The van der Waals surface area contributed by atoms with Crippen molar-refractivity contribution >= 4 is 5.96 Å². The molecule has 1 unspecified atom stereocenters. The van der Waals surface area contributed by atoms with E-state index in [0.717, 1.165) is 37.6 Å². The van der Waals surface area contributed by atoms with Gasteiger partial charge in [-0.3, -0.25) is 4.68 Å². The largest absolute Gasteiger partial charge is 0.481 e. The zero-order chi connectivity index (χ0) is 17.6. The second-order valence-electron chi connectivity index (χ2n) is 6.26. The lowest BCUT2D eigenvalue weighted by Gasteiger charge is -2.21. The molecule has 0 amide bonds. The van der Waals surface area contributed by atoms with Crippen molar-refractivity contribution in [3.8, 4) is 5.88 Å². The molecule has 1 atom stereocenters. The standard InChI is InChI=1S/C18H26N6O/c1-4-19-18(21-10-14-5-7-20-17(9-14)25-3)24-8-6-15(13-24)16-11-22-23(2)12-16/h5,7,9,11-12,15H,4,6,8,10,13H2,1-3H3,(H,19,21). The minimum absolute atomic E-state index is 0.513. The van der Waals surface area contributed by atoms with Crippen molar-refractivity contribution in [2.45, 2.75) is 25.8 Å². The van der Waals surface area contributed by atoms with E-state index in [4.69, 9.17) is 9.73 Å². The maximum atomic E-state index is 5.18. The van der Waals surface area contributed by atoms with Crippen LogP contribution >= 0.6 is 0 Å². The molecule has 0 saturated carbocycles. The summed E-state index contributed by atoms with van der Waals surface area (Å²) in [5.74, 6) is 2.10. The maximum absolute atomic E-state index is 5.18. The predicted molar refractivity (Wildman–Crippen MR) is 97.7 cm³/mol. The van der Waals surface area contributed by atoms with Gasteiger partial charge in [-0.05, 0) is 30.5 Å². The molecule has 0 bridgehead atoms. The topological polar surface area (TPSA) is 67.6 Å². The first-order valence-electron chi connectivity index (χ1n) is 8.70. The Kier molecular flexibility index (Phi) is 5.53. The number of pyridine rings is 1. The van der Waals surface area contributed by atoms with Gasteiger partial charge in [-0.1, -0.05) is 0 Å². The van der Waals surface area contributed by atoms with Crippen molar-refractivity contribution in [2.75, 3.05) is 26.7 Å². The summed E-state index contributed by atoms with van der Waals surface area (Å²) in [5.41, 5.74) is 2.39. The van der Waals surface area contributed by atoms with E-state index >= 15 is 0 Å². The molecule has 1 saturated heterocycles. The van der Waals surface area contributed by atoms with Gasteiger partial charge in [0.25, 0.3) is 0 Å². The van der Waals surface area contributed by atoms with E-state index in [-0.39, 0.29) is 0 Å². The molecule has 1 N–H and O–H groups in total. The number of nitrogens with zero attached hydrogens (tertiary/aromatic N) is 5. The summed E-state index contributed by atoms with van der Waals surface area (Å²) in [5, 5.41) is 7.70. The van der Waals surface area contributed by atoms with E-state index in [9.17, 15) is 0 Å². The van der Waals surface area contributed by atoms with Gasteiger partial charge in [0.1, 0.15) is 0 Å². The molecule has 25 heavy (non-hydrogen) atoms. The zero-order valence-corrected chi connectivity index (χ0v) is 15.1. The normalized spacial score (nSPS) is 17.8. The highest BCUT2D eigenvalue weighted by Crippen LogP contribution is 2.26. The summed E-state index contributed by atoms with van der Waals surface area (Å²) in [6.45, 7) is 5.53. The van der Waals surface area contributed by atoms with Crippen LogP contribution in [-0.4, -0.2) is 52.4 Å². The molecule has 7 nitrogen and oxygen atoms in total. The highest BCUT2D eigenvalue weighted by atomic mass is 16.5. The van der Waals surface area contributed by atoms with E-state index in [1.165, 1.54) is 5.56 Å². The molecular formula is C18H26N6O. The first-order valence-corrected chi connectivity index (χ1v) is 8.70. The van der Waals surface area contributed by atoms with Gasteiger partial charge in [0.05, 0.1) is 19.9 Å². The van der Waals surface area contributed by atoms with Crippen LogP contribution in [0.15, 0.2) is 35.7 Å². The highest BCUT2D eigenvalue weighted by Gasteiger charge is 2.26. The van der Waals surface area contributed by atoms with Gasteiger partial charge < -0.3 is 15.0 Å². The van der Waals surface area contributed by atoms with Crippen LogP contribution in [0, 0.1) is 0 Å². The minimum atomic E-state index is 0.513. The minimum Gasteiger partial charge on any atom is -0.481 e. The zero-order valence-electron chi connectivity index (χ0n) is 15.1. The first-order chi connectivity index (χ1) is 12.2. The average molecular weight is 342 g/mol. The monoisotopic (exact) mass is 342 g/mol. The number of ether oxygens (including phenoxy) is 1. The molecule has 0 spiro atoms. The van der Waals surface area contributed by atoms with Gasteiger partial charge >= 0.3 is 0 Å². The third-order valence-electron chi connectivity index (χ3n) is 4.44. The van der Waals surface area contributed by atoms with Gasteiger partial charge in [0.15, 0.2) is 5.96 Å². The SMILES string of the molecule is CCNC(=NCc1ccnc(OC)c1)N1CCC(c2cnn(C)c2)C1. The van der Waals surface area contributed by atoms with Crippen LogP contribution in [-0.2, 0) is 13.6 Å². The van der Waals surface area contributed by atoms with Crippen molar-refractivity contribution in [2.24, 2.45) is 12.0 Å². The van der Waals surface area contributed by atoms with Crippen LogP contribution in [0.2, 0.25) is 0 Å². The van der Waals surface area contributed by atoms with Crippen LogP contribution in [0.1, 0.15) is 30.4 Å². The smallest absolute Gasteiger partial charge is 0.213 e. The third kappa shape index (κ3) is 4.29. The molecule has 2 aromatic heterocycles. The summed E-state index contributed by atoms with van der Waals surface area (Å²) >= 11 is 0. The van der Waals surface area contributed by atoms with Gasteiger partial charge in [-0.25, -0.2) is 9.98 Å². The number of hydrogen-bond donors (Lipinski definition) is 1. The fourth-order valence-corrected chi connectivity index (χ4v) is 3.13. The summed E-state index contributed by atoms with van der Waals surface area (Å²) in [6, 6.07) is 3.90. The Labute approximate surface area is 148 Å². The van der Waals surface area contributed by atoms with Crippen LogP contribution < -0.4 is 10.1 Å². The average Bonchev–Trinajstić information content (AvgIpc) is 3.28. The molecule has 1 fully saturated rings. The number of hydrogen-bond acceptors (Lipinski definition) is 4. The number of aliphatic imine (C=N–C) groups is 1. The summed E-state index contributed by atoms with van der Waals surface area (Å²) in [4.78, 5) is 11.3. The van der Waals surface area contributed by atoms with Gasteiger partial charge in [-0.15, -0.1) is 0 Å². The molecule has 3 heterocycles. The van der Waals surface area contributed by atoms with Crippen molar-refractivity contribution in [3.05, 3.63) is 41.9 Å². The number of rotatable bonds is 5. The van der Waals surface area contributed by atoms with E-state index < -0.39 is 0 Å². The number of likely N-dealkylation sites (tertiary alicyclic amines) is 1. The maximum Gasteiger partial charge on any atom is 0.213 e. The second-order valence-corrected chi connectivity index (χ2v) is 6.26. The number of nitrogens with one attached hydrogen (secondary N) is 1. The molecule has 0 radical (unpaired) electrons. The Bertz CT molecular complexity index is 726. The predicted octanol–water partition coefficient (Wildman–Crippen LogP) is 1.78. The van der Waals surface area contributed by atoms with Crippen molar-refractivity contribution in [3.63, 3.8) is 0 Å². The van der Waals surface area contributed by atoms with Crippen LogP contribution in [0.3, 0.4) is 0 Å². The molecule has 1 aliphatic heterocycles. The molecule has 0 aliphatic carbocycles. The van der Waals surface area contributed by atoms with Gasteiger partial charge in [-0.2, -0.15) is 5.10 Å². The molecule has 0 aromatic carbocycles. The highest BCUT2D eigenvalue weighted by molar-refractivity contribution is 5.80. The van der Waals surface area contributed by atoms with E-state index in [1.807, 2.05) is 30.1 Å². The summed E-state index contributed by atoms with van der Waals surface area (Å²) in [6.07, 6.45) is 6.97. The quantitative estimate of drug-likeness (QED) is 0.663. The number of aryl methyl sites for hydroxylation is 1. The molecule has 3 rings (SSSR count). The van der Waals surface area contributed by atoms with Crippen LogP contribution in [0.5, 0.6) is 5.88 Å². The molecule has 1 aliphatic rings. The fraction of sp³-hybridized carbons (Fsp3) is 0.500. The van der Waals surface area contributed by atoms with E-state index in [2.05, 4.69) is 33.4 Å². The Hall–Kier alpha value is -2.57. The Balaban J connectivity index is 1.68. The lowest BCUT2D eigenvalue weighted by molar-refractivity contribution is 0.397. The van der Waals surface area contributed by atoms with Crippen molar-refractivity contribution in [1.29, 1.82) is 0 Å². The van der Waals surface area contributed by atoms with Crippen LogP contribution in [0.25, 0.3) is 0 Å². The van der Waals surface area contributed by atoms with Crippen molar-refractivity contribution in [1.82, 2.24) is 25.0 Å². The Morgan fingerprint density at radius 3 is 3.08 bits per heavy atom. The molecule has 2 aromatic rings. The third-order valence-corrected chi connectivity index (χ3v) is 4.44. The number of guanidine groups is 1. The summed E-state index contributed by atoms with van der Waals surface area (Å²) in [7, 11) is 3.59. The van der Waals surface area contributed by atoms with E-state index in [0.29, 0.717) is 18.3 Å². The fourth-order valence-electron chi connectivity index (χ4n) is 3.13. The number of methoxy groups -OCH3 is 1. The van der Waals surface area contributed by atoms with Gasteiger partial charge in [0, 0.05) is 51.1 Å². The Morgan fingerprint density at radius 2 is 2.36 bits per heavy atom. The van der Waals surface area contributed by atoms with Gasteiger partial charge in [0.2, 0.25) is 5.88 Å². The van der Waals surface area contributed by atoms with Crippen LogP contribution in [0.4, 0.5) is 0 Å². The van der Waals surface area contributed by atoms with E-state index in [1.54, 1.807) is 13.3 Å². The van der Waals surface area contributed by atoms with Crippen molar-refractivity contribution < 1.29 is 4.74 Å².